The fourth-order valence-electron chi connectivity index (χ4n) is 3.86. The van der Waals surface area contributed by atoms with Crippen LogP contribution in [-0.2, 0) is 4.74 Å². The number of ether oxygens (including phenoxy) is 1. The average molecular weight is 356 g/mol. The highest BCUT2D eigenvalue weighted by Crippen LogP contribution is 2.36. The van der Waals surface area contributed by atoms with Crippen LogP contribution in [0.25, 0.3) is 0 Å². The predicted octanol–water partition coefficient (Wildman–Crippen LogP) is 1.77. The number of carbonyl (C=O) groups is 1. The van der Waals surface area contributed by atoms with Gasteiger partial charge in [0.1, 0.15) is 5.69 Å². The lowest BCUT2D eigenvalue weighted by atomic mass is 9.82. The van der Waals surface area contributed by atoms with Crippen LogP contribution >= 0.6 is 0 Å². The number of hydrogen-bond donors (Lipinski definition) is 2. The van der Waals surface area contributed by atoms with Crippen molar-refractivity contribution in [2.75, 3.05) is 25.0 Å². The van der Waals surface area contributed by atoms with Gasteiger partial charge in [-0.25, -0.2) is 9.97 Å². The number of likely N-dealkylation sites (tertiary alicyclic amines) is 1. The molecule has 8 heteroatoms. The van der Waals surface area contributed by atoms with E-state index < -0.39 is 0 Å². The number of piperidine rings is 1. The monoisotopic (exact) mass is 356 g/mol. The quantitative estimate of drug-likeness (QED) is 0.870. The van der Waals surface area contributed by atoms with Gasteiger partial charge in [0.05, 0.1) is 5.60 Å². The van der Waals surface area contributed by atoms with Crippen molar-refractivity contribution in [3.8, 4) is 0 Å². The van der Waals surface area contributed by atoms with Gasteiger partial charge in [0.25, 0.3) is 5.91 Å². The van der Waals surface area contributed by atoms with Crippen molar-refractivity contribution >= 4 is 11.9 Å². The maximum absolute atomic E-state index is 12.6. The van der Waals surface area contributed by atoms with E-state index in [1.807, 2.05) is 17.9 Å². The number of carbonyl (C=O) groups excluding carboxylic acids is 1. The second-order valence-electron chi connectivity index (χ2n) is 7.17. The standard InChI is InChI=1S/C18H24N6O2/c1-13-11-15(23-22-13)16(25)24-8-4-18(5-9-24)12-14(3-10-26-18)21-17-19-6-2-7-20-17/h2,6-7,11,14H,3-5,8-10,12H2,1H3,(H,22,23)(H,19,20,21)/t14-/m0/s1. The number of hydrogen-bond acceptors (Lipinski definition) is 6. The molecule has 2 aromatic heterocycles. The summed E-state index contributed by atoms with van der Waals surface area (Å²) < 4.78 is 6.17. The molecule has 4 heterocycles. The van der Waals surface area contributed by atoms with Crippen molar-refractivity contribution in [3.05, 3.63) is 35.9 Å². The third-order valence-corrected chi connectivity index (χ3v) is 5.28. The molecule has 0 aliphatic carbocycles. The maximum atomic E-state index is 12.6. The second kappa shape index (κ2) is 7.03. The number of aryl methyl sites for hydroxylation is 1. The lowest BCUT2D eigenvalue weighted by Gasteiger charge is -2.46. The van der Waals surface area contributed by atoms with E-state index in [2.05, 4.69) is 25.5 Å². The number of amides is 1. The number of aromatic nitrogens is 4. The van der Waals surface area contributed by atoms with Crippen LogP contribution in [0.15, 0.2) is 24.5 Å². The number of rotatable bonds is 3. The Morgan fingerprint density at radius 2 is 2.12 bits per heavy atom. The van der Waals surface area contributed by atoms with Crippen LogP contribution in [-0.4, -0.2) is 62.3 Å². The Hall–Kier alpha value is -2.48. The summed E-state index contributed by atoms with van der Waals surface area (Å²) in [5, 5.41) is 10.3. The summed E-state index contributed by atoms with van der Waals surface area (Å²) in [5.74, 6) is 0.656. The maximum Gasteiger partial charge on any atom is 0.274 e. The molecule has 2 aliphatic heterocycles. The molecule has 1 amide bonds. The Labute approximate surface area is 152 Å². The molecule has 26 heavy (non-hydrogen) atoms. The van der Waals surface area contributed by atoms with Crippen molar-refractivity contribution in [1.29, 1.82) is 0 Å². The minimum absolute atomic E-state index is 0.00706. The molecule has 2 saturated heterocycles. The zero-order valence-electron chi connectivity index (χ0n) is 14.9. The SMILES string of the molecule is Cc1cc(C(=O)N2CCC3(CC2)C[C@@H](Nc2ncccn2)CCO3)n[nH]1. The number of aromatic amines is 1. The summed E-state index contributed by atoms with van der Waals surface area (Å²) >= 11 is 0. The summed E-state index contributed by atoms with van der Waals surface area (Å²) in [7, 11) is 0. The van der Waals surface area contributed by atoms with Crippen LogP contribution in [0.3, 0.4) is 0 Å². The van der Waals surface area contributed by atoms with Crippen molar-refractivity contribution in [3.63, 3.8) is 0 Å². The first-order valence-corrected chi connectivity index (χ1v) is 9.12. The minimum atomic E-state index is -0.164. The van der Waals surface area contributed by atoms with Gasteiger partial charge in [-0.1, -0.05) is 0 Å². The first kappa shape index (κ1) is 17.0. The Kier molecular flexibility index (Phi) is 4.58. The van der Waals surface area contributed by atoms with E-state index in [4.69, 9.17) is 4.74 Å². The van der Waals surface area contributed by atoms with Crippen LogP contribution in [0.2, 0.25) is 0 Å². The molecule has 1 atom stereocenters. The fraction of sp³-hybridized carbons (Fsp3) is 0.556. The third kappa shape index (κ3) is 3.55. The molecule has 0 bridgehead atoms. The van der Waals surface area contributed by atoms with Crippen LogP contribution in [0.5, 0.6) is 0 Å². The van der Waals surface area contributed by atoms with E-state index in [-0.39, 0.29) is 11.5 Å². The molecule has 2 aliphatic rings. The molecule has 1 spiro atoms. The average Bonchev–Trinajstić information content (AvgIpc) is 3.09. The van der Waals surface area contributed by atoms with Crippen LogP contribution < -0.4 is 5.32 Å². The van der Waals surface area contributed by atoms with E-state index in [1.165, 1.54) is 0 Å². The first-order chi connectivity index (χ1) is 12.6. The number of anilines is 1. The number of nitrogens with zero attached hydrogens (tertiary/aromatic N) is 4. The Bertz CT molecular complexity index is 754. The molecule has 0 aromatic carbocycles. The molecule has 0 unspecified atom stereocenters. The zero-order chi connectivity index (χ0) is 18.0. The highest BCUT2D eigenvalue weighted by molar-refractivity contribution is 5.92. The van der Waals surface area contributed by atoms with Crippen molar-refractivity contribution in [2.45, 2.75) is 44.2 Å². The third-order valence-electron chi connectivity index (χ3n) is 5.28. The lowest BCUT2D eigenvalue weighted by Crippen LogP contribution is -2.52. The largest absolute Gasteiger partial charge is 0.375 e. The first-order valence-electron chi connectivity index (χ1n) is 9.12. The van der Waals surface area contributed by atoms with Crippen molar-refractivity contribution < 1.29 is 9.53 Å². The van der Waals surface area contributed by atoms with Gasteiger partial charge in [-0.3, -0.25) is 9.89 Å². The van der Waals surface area contributed by atoms with Gasteiger partial charge in [0, 0.05) is 43.8 Å². The number of H-pyrrole nitrogens is 1. The van der Waals surface area contributed by atoms with Gasteiger partial charge < -0.3 is 15.0 Å². The van der Waals surface area contributed by atoms with Gasteiger partial charge in [0.15, 0.2) is 0 Å². The van der Waals surface area contributed by atoms with Crippen LogP contribution in [0.1, 0.15) is 41.9 Å². The summed E-state index contributed by atoms with van der Waals surface area (Å²) in [4.78, 5) is 22.9. The van der Waals surface area contributed by atoms with Crippen LogP contribution in [0, 0.1) is 6.92 Å². The molecule has 8 nitrogen and oxygen atoms in total. The Morgan fingerprint density at radius 1 is 1.35 bits per heavy atom. The molecular weight excluding hydrogens is 332 g/mol. The summed E-state index contributed by atoms with van der Waals surface area (Å²) in [5.41, 5.74) is 1.22. The van der Waals surface area contributed by atoms with Gasteiger partial charge in [-0.05, 0) is 44.7 Å². The van der Waals surface area contributed by atoms with Crippen molar-refractivity contribution in [1.82, 2.24) is 25.1 Å². The second-order valence-corrected chi connectivity index (χ2v) is 7.17. The minimum Gasteiger partial charge on any atom is -0.375 e. The molecule has 0 radical (unpaired) electrons. The molecular formula is C18H24N6O2. The fourth-order valence-corrected chi connectivity index (χ4v) is 3.86. The van der Waals surface area contributed by atoms with Gasteiger partial charge >= 0.3 is 0 Å². The molecule has 2 N–H and O–H groups in total. The lowest BCUT2D eigenvalue weighted by molar-refractivity contribution is -0.110. The highest BCUT2D eigenvalue weighted by atomic mass is 16.5. The smallest absolute Gasteiger partial charge is 0.274 e. The van der Waals surface area contributed by atoms with Crippen molar-refractivity contribution in [2.24, 2.45) is 0 Å². The molecule has 0 saturated carbocycles. The Morgan fingerprint density at radius 3 is 2.81 bits per heavy atom. The summed E-state index contributed by atoms with van der Waals surface area (Å²) in [6, 6.07) is 3.90. The predicted molar refractivity (Wildman–Crippen MR) is 95.8 cm³/mol. The van der Waals surface area contributed by atoms with E-state index in [0.717, 1.165) is 38.0 Å². The summed E-state index contributed by atoms with van der Waals surface area (Å²) in [6.45, 7) is 4.00. The normalized spacial score (nSPS) is 22.3. The molecule has 138 valence electrons. The molecule has 2 fully saturated rings. The van der Waals surface area contributed by atoms with E-state index in [0.29, 0.717) is 30.8 Å². The van der Waals surface area contributed by atoms with Gasteiger partial charge in [-0.15, -0.1) is 0 Å². The summed E-state index contributed by atoms with van der Waals surface area (Å²) in [6.07, 6.45) is 7.02. The van der Waals surface area contributed by atoms with E-state index in [1.54, 1.807) is 18.5 Å². The van der Waals surface area contributed by atoms with E-state index in [9.17, 15) is 4.79 Å². The highest BCUT2D eigenvalue weighted by Gasteiger charge is 2.41. The Balaban J connectivity index is 1.36. The zero-order valence-corrected chi connectivity index (χ0v) is 14.9. The van der Waals surface area contributed by atoms with E-state index >= 15 is 0 Å². The van der Waals surface area contributed by atoms with Gasteiger partial charge in [0.2, 0.25) is 5.95 Å². The topological polar surface area (TPSA) is 96.0 Å². The van der Waals surface area contributed by atoms with Crippen LogP contribution in [0.4, 0.5) is 5.95 Å². The number of nitrogens with one attached hydrogen (secondary N) is 2. The molecule has 4 rings (SSSR count). The van der Waals surface area contributed by atoms with Gasteiger partial charge in [-0.2, -0.15) is 5.10 Å². The molecule has 2 aromatic rings.